The fourth-order valence-electron chi connectivity index (χ4n) is 2.62. The van der Waals surface area contributed by atoms with Gasteiger partial charge in [-0.25, -0.2) is 9.37 Å². The topological polar surface area (TPSA) is 49.0 Å². The van der Waals surface area contributed by atoms with E-state index >= 15 is 0 Å². The number of hydrogen-bond acceptors (Lipinski definition) is 3. The summed E-state index contributed by atoms with van der Waals surface area (Å²) >= 11 is 1.39. The highest BCUT2D eigenvalue weighted by Crippen LogP contribution is 2.21. The molecule has 3 aromatic rings. The second-order valence-corrected chi connectivity index (χ2v) is 6.85. The Labute approximate surface area is 150 Å². The number of aromatic nitrogens is 2. The van der Waals surface area contributed by atoms with Gasteiger partial charge in [0.15, 0.2) is 5.16 Å². The van der Waals surface area contributed by atoms with Crippen molar-refractivity contribution in [2.75, 3.05) is 12.3 Å². The van der Waals surface area contributed by atoms with Gasteiger partial charge in [-0.2, -0.15) is 0 Å². The molecule has 2 aromatic carbocycles. The highest BCUT2D eigenvalue weighted by Gasteiger charge is 2.14. The van der Waals surface area contributed by atoms with Crippen LogP contribution in [-0.2, 0) is 11.3 Å². The second-order valence-electron chi connectivity index (χ2n) is 5.89. The Hall–Kier alpha value is -2.34. The van der Waals surface area contributed by atoms with E-state index in [1.807, 2.05) is 38.1 Å². The van der Waals surface area contributed by atoms with E-state index < -0.39 is 0 Å². The molecule has 4 nitrogen and oxygen atoms in total. The highest BCUT2D eigenvalue weighted by atomic mass is 32.2. The molecule has 0 atom stereocenters. The summed E-state index contributed by atoms with van der Waals surface area (Å²) in [7, 11) is 0. The highest BCUT2D eigenvalue weighted by molar-refractivity contribution is 7.99. The Morgan fingerprint density at radius 1 is 1.28 bits per heavy atom. The van der Waals surface area contributed by atoms with E-state index in [2.05, 4.69) is 9.97 Å². The number of hydrogen-bond donors (Lipinski definition) is 1. The molecule has 0 aliphatic heterocycles. The number of nitrogens with one attached hydrogen (secondary N) is 1. The van der Waals surface area contributed by atoms with Gasteiger partial charge in [-0.3, -0.25) is 4.79 Å². The smallest absolute Gasteiger partial charge is 0.233 e. The van der Waals surface area contributed by atoms with Gasteiger partial charge in [-0.1, -0.05) is 30.0 Å². The number of aryl methyl sites for hydroxylation is 1. The Kier molecular flexibility index (Phi) is 5.38. The first-order chi connectivity index (χ1) is 12.0. The summed E-state index contributed by atoms with van der Waals surface area (Å²) in [5, 5.41) is 0.732. The van der Waals surface area contributed by atoms with Gasteiger partial charge in [0.2, 0.25) is 5.91 Å². The van der Waals surface area contributed by atoms with Gasteiger partial charge >= 0.3 is 0 Å². The van der Waals surface area contributed by atoms with Gasteiger partial charge in [0.25, 0.3) is 0 Å². The Bertz CT molecular complexity index is 893. The maximum absolute atomic E-state index is 13.3. The molecule has 1 aromatic heterocycles. The van der Waals surface area contributed by atoms with Crippen LogP contribution < -0.4 is 0 Å². The van der Waals surface area contributed by atoms with Crippen LogP contribution in [0.15, 0.2) is 47.6 Å². The fraction of sp³-hybridized carbons (Fsp3) is 0.263. The maximum Gasteiger partial charge on any atom is 0.233 e. The van der Waals surface area contributed by atoms with Crippen LogP contribution in [0, 0.1) is 12.7 Å². The number of halogens is 1. The molecule has 1 heterocycles. The normalized spacial score (nSPS) is 11.0. The third kappa shape index (κ3) is 4.39. The molecule has 1 amide bonds. The van der Waals surface area contributed by atoms with Gasteiger partial charge < -0.3 is 9.88 Å². The van der Waals surface area contributed by atoms with E-state index in [1.165, 1.54) is 23.9 Å². The van der Waals surface area contributed by atoms with E-state index in [0.29, 0.717) is 18.8 Å². The lowest BCUT2D eigenvalue weighted by Crippen LogP contribution is -2.31. The third-order valence-corrected chi connectivity index (χ3v) is 4.80. The minimum absolute atomic E-state index is 0.00778. The third-order valence-electron chi connectivity index (χ3n) is 3.94. The van der Waals surface area contributed by atoms with Crippen molar-refractivity contribution in [2.45, 2.75) is 25.5 Å². The van der Waals surface area contributed by atoms with Crippen LogP contribution in [0.5, 0.6) is 0 Å². The molecule has 0 radical (unpaired) electrons. The molecule has 25 heavy (non-hydrogen) atoms. The molecule has 0 unspecified atom stereocenters. The SMILES string of the molecule is CCN(Cc1cccc(F)c1)C(=O)CSc1nc2ccc(C)cc2[nH]1. The summed E-state index contributed by atoms with van der Waals surface area (Å²) in [4.78, 5) is 21.9. The van der Waals surface area contributed by atoms with E-state index in [4.69, 9.17) is 0 Å². The standard InChI is InChI=1S/C19H20FN3OS/c1-3-23(11-14-5-4-6-15(20)10-14)18(24)12-25-19-21-16-8-7-13(2)9-17(16)22-19/h4-10H,3,11-12H2,1-2H3,(H,21,22). The van der Waals surface area contributed by atoms with Crippen LogP contribution in [0.25, 0.3) is 11.0 Å². The second kappa shape index (κ2) is 7.70. The lowest BCUT2D eigenvalue weighted by Gasteiger charge is -2.20. The van der Waals surface area contributed by atoms with Crippen molar-refractivity contribution >= 4 is 28.7 Å². The van der Waals surface area contributed by atoms with Crippen LogP contribution in [-0.4, -0.2) is 33.1 Å². The Morgan fingerprint density at radius 2 is 2.12 bits per heavy atom. The molecule has 1 N–H and O–H groups in total. The van der Waals surface area contributed by atoms with Crippen molar-refractivity contribution in [3.8, 4) is 0 Å². The molecule has 0 saturated heterocycles. The molecule has 0 fully saturated rings. The summed E-state index contributed by atoms with van der Waals surface area (Å²) < 4.78 is 13.3. The molecular formula is C19H20FN3OS. The minimum atomic E-state index is -0.284. The van der Waals surface area contributed by atoms with E-state index in [1.54, 1.807) is 11.0 Å². The van der Waals surface area contributed by atoms with Crippen molar-refractivity contribution in [1.29, 1.82) is 0 Å². The molecule has 0 bridgehead atoms. The molecule has 0 aliphatic rings. The first kappa shape index (κ1) is 17.5. The van der Waals surface area contributed by atoms with Crippen molar-refractivity contribution in [3.63, 3.8) is 0 Å². The zero-order valence-corrected chi connectivity index (χ0v) is 15.1. The number of carbonyl (C=O) groups excluding carboxylic acids is 1. The number of nitrogens with zero attached hydrogens (tertiary/aromatic N) is 2. The summed E-state index contributed by atoms with van der Waals surface area (Å²) in [6, 6.07) is 12.4. The summed E-state index contributed by atoms with van der Waals surface area (Å²) in [6.45, 7) is 4.94. The number of thioether (sulfide) groups is 1. The number of fused-ring (bicyclic) bond motifs is 1. The van der Waals surface area contributed by atoms with Crippen molar-refractivity contribution < 1.29 is 9.18 Å². The number of carbonyl (C=O) groups is 1. The zero-order chi connectivity index (χ0) is 17.8. The number of benzene rings is 2. The first-order valence-corrected chi connectivity index (χ1v) is 9.15. The van der Waals surface area contributed by atoms with Crippen LogP contribution in [0.3, 0.4) is 0 Å². The zero-order valence-electron chi connectivity index (χ0n) is 14.3. The molecule has 0 aliphatic carbocycles. The summed E-state index contributed by atoms with van der Waals surface area (Å²) in [5.41, 5.74) is 3.82. The minimum Gasteiger partial charge on any atom is -0.338 e. The molecule has 0 spiro atoms. The fourth-order valence-corrected chi connectivity index (χ4v) is 3.41. The van der Waals surface area contributed by atoms with Crippen LogP contribution in [0.1, 0.15) is 18.1 Å². The van der Waals surface area contributed by atoms with Gasteiger partial charge in [-0.05, 0) is 49.2 Å². The van der Waals surface area contributed by atoms with Crippen LogP contribution >= 0.6 is 11.8 Å². The maximum atomic E-state index is 13.3. The molecule has 3 rings (SSSR count). The molecule has 6 heteroatoms. The molecule has 0 saturated carbocycles. The van der Waals surface area contributed by atoms with Crippen molar-refractivity contribution in [1.82, 2.24) is 14.9 Å². The lowest BCUT2D eigenvalue weighted by atomic mass is 10.2. The van der Waals surface area contributed by atoms with Crippen LogP contribution in [0.2, 0.25) is 0 Å². The van der Waals surface area contributed by atoms with E-state index in [-0.39, 0.29) is 11.7 Å². The Morgan fingerprint density at radius 3 is 2.88 bits per heavy atom. The van der Waals surface area contributed by atoms with E-state index in [9.17, 15) is 9.18 Å². The van der Waals surface area contributed by atoms with Crippen LogP contribution in [0.4, 0.5) is 4.39 Å². The van der Waals surface area contributed by atoms with Gasteiger partial charge in [-0.15, -0.1) is 0 Å². The average molecular weight is 357 g/mol. The van der Waals surface area contributed by atoms with Crippen molar-refractivity contribution in [3.05, 3.63) is 59.4 Å². The lowest BCUT2D eigenvalue weighted by molar-refractivity contribution is -0.128. The van der Waals surface area contributed by atoms with Gasteiger partial charge in [0.1, 0.15) is 5.82 Å². The summed E-state index contributed by atoms with van der Waals surface area (Å²) in [6.07, 6.45) is 0. The quantitative estimate of drug-likeness (QED) is 0.674. The number of amides is 1. The monoisotopic (exact) mass is 357 g/mol. The largest absolute Gasteiger partial charge is 0.338 e. The molecular weight excluding hydrogens is 337 g/mol. The Balaban J connectivity index is 1.63. The predicted octanol–water partition coefficient (Wildman–Crippen LogP) is 4.15. The number of imidazole rings is 1. The molecule has 130 valence electrons. The summed E-state index contributed by atoms with van der Waals surface area (Å²) in [5.74, 6) is 0.0171. The van der Waals surface area contributed by atoms with E-state index in [0.717, 1.165) is 27.3 Å². The number of aromatic amines is 1. The average Bonchev–Trinajstić information content (AvgIpc) is 2.99. The van der Waals surface area contributed by atoms with Gasteiger partial charge in [0, 0.05) is 13.1 Å². The number of rotatable bonds is 6. The van der Waals surface area contributed by atoms with Crippen molar-refractivity contribution in [2.24, 2.45) is 0 Å². The van der Waals surface area contributed by atoms with Gasteiger partial charge in [0.05, 0.1) is 16.8 Å². The predicted molar refractivity (Wildman–Crippen MR) is 99.0 cm³/mol. The first-order valence-electron chi connectivity index (χ1n) is 8.16. The number of H-pyrrole nitrogens is 1.